The van der Waals surface area contributed by atoms with Crippen molar-refractivity contribution in [2.24, 2.45) is 40.4 Å². The summed E-state index contributed by atoms with van der Waals surface area (Å²) in [5.74, 6) is 1.39. The third-order valence-corrected chi connectivity index (χ3v) is 12.0. The first kappa shape index (κ1) is 25.0. The molecule has 1 aromatic heterocycles. The van der Waals surface area contributed by atoms with Gasteiger partial charge in [0.15, 0.2) is 0 Å². The van der Waals surface area contributed by atoms with E-state index in [4.69, 9.17) is 4.98 Å². The molecule has 2 aromatic rings. The highest BCUT2D eigenvalue weighted by Gasteiger charge is 2.63. The summed E-state index contributed by atoms with van der Waals surface area (Å²) in [6, 6.07) is 12.8. The van der Waals surface area contributed by atoms with Gasteiger partial charge in [-0.25, -0.2) is 4.98 Å². The molecular formula is C32H38N2O2S. The fraction of sp³-hybridized carbons (Fsp3) is 0.594. The van der Waals surface area contributed by atoms with Crippen molar-refractivity contribution in [3.05, 3.63) is 52.4 Å². The molecule has 0 aliphatic heterocycles. The number of rotatable bonds is 4. The second kappa shape index (κ2) is 9.17. The summed E-state index contributed by atoms with van der Waals surface area (Å²) in [4.78, 5) is 18.3. The molecule has 0 unspecified atom stereocenters. The normalized spacial score (nSPS) is 39.5. The summed E-state index contributed by atoms with van der Waals surface area (Å²) in [5, 5.41) is 23.7. The Hall–Kier alpha value is -2.29. The minimum atomic E-state index is -0.354. The summed E-state index contributed by atoms with van der Waals surface area (Å²) in [6.45, 7) is 6.56. The van der Waals surface area contributed by atoms with Crippen LogP contribution in [0.1, 0.15) is 76.6 Å². The van der Waals surface area contributed by atoms with Gasteiger partial charge in [0.1, 0.15) is 16.7 Å². The molecule has 3 saturated carbocycles. The van der Waals surface area contributed by atoms with Crippen molar-refractivity contribution in [2.75, 3.05) is 0 Å². The van der Waals surface area contributed by atoms with E-state index in [-0.39, 0.29) is 40.5 Å². The lowest BCUT2D eigenvalue weighted by atomic mass is 9.47. The van der Waals surface area contributed by atoms with Crippen molar-refractivity contribution in [3.8, 4) is 17.3 Å². The van der Waals surface area contributed by atoms with Gasteiger partial charge in [-0.05, 0) is 86.4 Å². The number of benzene rings is 1. The number of Topliss-reactive ketones (excluding diaryl/α,β-unsaturated/α-hetero) is 1. The zero-order chi connectivity index (χ0) is 25.9. The summed E-state index contributed by atoms with van der Waals surface area (Å²) < 4.78 is 0. The van der Waals surface area contributed by atoms with Gasteiger partial charge in [0.2, 0.25) is 0 Å². The Labute approximate surface area is 224 Å². The fourth-order valence-corrected chi connectivity index (χ4v) is 10.3. The number of thiazole rings is 1. The van der Waals surface area contributed by atoms with Crippen LogP contribution in [-0.4, -0.2) is 22.0 Å². The number of allylic oxidation sites excluding steroid dienone is 1. The van der Waals surface area contributed by atoms with Crippen LogP contribution in [-0.2, 0) is 4.79 Å². The SMILES string of the molecule is CC(=O)[C@@H]1[C@@H]([C@@H](C#N)c2nc(-c3ccccc3)cs2)C[C@H]2[C@@H]3CC=C4C[C@H](O)CC[C@]4(C)[C@H]3CC[C@]12C. The molecule has 1 N–H and O–H groups in total. The lowest BCUT2D eigenvalue weighted by Crippen LogP contribution is -2.51. The average Bonchev–Trinajstić information content (AvgIpc) is 3.48. The molecule has 0 saturated heterocycles. The third kappa shape index (κ3) is 3.86. The van der Waals surface area contributed by atoms with Crippen LogP contribution in [0.25, 0.3) is 11.3 Å². The highest BCUT2D eigenvalue weighted by molar-refractivity contribution is 7.10. The van der Waals surface area contributed by atoms with Gasteiger partial charge in [0, 0.05) is 16.9 Å². The van der Waals surface area contributed by atoms with E-state index in [1.54, 1.807) is 18.3 Å². The number of nitriles is 1. The summed E-state index contributed by atoms with van der Waals surface area (Å²) in [6.07, 6.45) is 9.20. The zero-order valence-corrected chi connectivity index (χ0v) is 23.0. The molecule has 0 bridgehead atoms. The Bertz CT molecular complexity index is 1260. The molecule has 9 atom stereocenters. The van der Waals surface area contributed by atoms with Gasteiger partial charge in [-0.15, -0.1) is 11.3 Å². The van der Waals surface area contributed by atoms with Crippen molar-refractivity contribution < 1.29 is 9.90 Å². The van der Waals surface area contributed by atoms with Gasteiger partial charge in [0.05, 0.1) is 17.9 Å². The highest BCUT2D eigenvalue weighted by Crippen LogP contribution is 2.68. The van der Waals surface area contributed by atoms with Crippen molar-refractivity contribution in [2.45, 2.75) is 77.7 Å². The van der Waals surface area contributed by atoms with Crippen LogP contribution in [0.15, 0.2) is 47.4 Å². The van der Waals surface area contributed by atoms with Crippen molar-refractivity contribution in [1.82, 2.24) is 4.98 Å². The number of carbonyl (C=O) groups is 1. The predicted octanol–water partition coefficient (Wildman–Crippen LogP) is 7.17. The second-order valence-corrected chi connectivity index (χ2v) is 13.6. The Balaban J connectivity index is 1.34. The first-order chi connectivity index (χ1) is 17.8. The molecule has 194 valence electrons. The van der Waals surface area contributed by atoms with Gasteiger partial charge in [-0.2, -0.15) is 5.26 Å². The molecule has 4 aliphatic carbocycles. The number of carbonyl (C=O) groups excluding carboxylic acids is 1. The van der Waals surface area contributed by atoms with Crippen LogP contribution in [0.4, 0.5) is 0 Å². The van der Waals surface area contributed by atoms with Gasteiger partial charge in [-0.1, -0.05) is 55.8 Å². The van der Waals surface area contributed by atoms with E-state index >= 15 is 0 Å². The molecule has 4 aliphatic rings. The quantitative estimate of drug-likeness (QED) is 0.439. The number of aliphatic hydroxyl groups excluding tert-OH is 1. The molecule has 5 heteroatoms. The maximum Gasteiger partial charge on any atom is 0.133 e. The first-order valence-electron chi connectivity index (χ1n) is 14.0. The number of ketones is 1. The van der Waals surface area contributed by atoms with Gasteiger partial charge < -0.3 is 5.11 Å². The summed E-state index contributed by atoms with van der Waals surface area (Å²) >= 11 is 1.57. The lowest BCUT2D eigenvalue weighted by molar-refractivity contribution is -0.129. The van der Waals surface area contributed by atoms with E-state index < -0.39 is 0 Å². The van der Waals surface area contributed by atoms with Crippen molar-refractivity contribution in [3.63, 3.8) is 0 Å². The lowest BCUT2D eigenvalue weighted by Gasteiger charge is -2.57. The van der Waals surface area contributed by atoms with Crippen LogP contribution < -0.4 is 0 Å². The number of fused-ring (bicyclic) bond motifs is 5. The number of nitrogens with zero attached hydrogens (tertiary/aromatic N) is 2. The van der Waals surface area contributed by atoms with Crippen molar-refractivity contribution in [1.29, 1.82) is 5.26 Å². The second-order valence-electron chi connectivity index (χ2n) is 12.7. The van der Waals surface area contributed by atoms with Crippen LogP contribution in [0.5, 0.6) is 0 Å². The standard InChI is InChI=1S/C32H38N2O2S/c1-19(35)29-24(25(17-33)30-34-28(18-37-30)20-7-5-4-6-8-20)16-27-23-10-9-21-15-22(36)11-13-31(21,2)26(23)12-14-32(27,29)3/h4-9,18,22-27,29,36H,10-16H2,1-3H3/t22-,23-,24-,25-,26+,27+,29-,31+,32+/m1/s1. The molecule has 6 rings (SSSR count). The maximum atomic E-state index is 13.3. The van der Waals surface area contributed by atoms with E-state index in [1.807, 2.05) is 18.2 Å². The molecule has 1 heterocycles. The van der Waals surface area contributed by atoms with E-state index in [0.29, 0.717) is 17.8 Å². The highest BCUT2D eigenvalue weighted by atomic mass is 32.1. The molecule has 0 spiro atoms. The number of aromatic nitrogens is 1. The summed E-state index contributed by atoms with van der Waals surface area (Å²) in [7, 11) is 0. The van der Waals surface area contributed by atoms with Gasteiger partial charge in [-0.3, -0.25) is 4.79 Å². The maximum absolute atomic E-state index is 13.3. The minimum absolute atomic E-state index is 0.0115. The van der Waals surface area contributed by atoms with Crippen LogP contribution in [0.3, 0.4) is 0 Å². The monoisotopic (exact) mass is 514 g/mol. The molecule has 0 amide bonds. The van der Waals surface area contributed by atoms with Gasteiger partial charge >= 0.3 is 0 Å². The van der Waals surface area contributed by atoms with E-state index in [1.165, 1.54) is 5.57 Å². The van der Waals surface area contributed by atoms with Crippen molar-refractivity contribution >= 4 is 17.1 Å². The van der Waals surface area contributed by atoms with E-state index in [0.717, 1.165) is 61.2 Å². The minimum Gasteiger partial charge on any atom is -0.393 e. The smallest absolute Gasteiger partial charge is 0.133 e. The average molecular weight is 515 g/mol. The van der Waals surface area contributed by atoms with E-state index in [2.05, 4.69) is 43.5 Å². The Morgan fingerprint density at radius 1 is 1.19 bits per heavy atom. The summed E-state index contributed by atoms with van der Waals surface area (Å²) in [5.41, 5.74) is 3.55. The fourth-order valence-electron chi connectivity index (χ4n) is 9.34. The van der Waals surface area contributed by atoms with Crippen LogP contribution >= 0.6 is 11.3 Å². The zero-order valence-electron chi connectivity index (χ0n) is 22.2. The number of hydrogen-bond acceptors (Lipinski definition) is 5. The Morgan fingerprint density at radius 2 is 1.97 bits per heavy atom. The first-order valence-corrected chi connectivity index (χ1v) is 14.9. The molecule has 37 heavy (non-hydrogen) atoms. The Morgan fingerprint density at radius 3 is 2.70 bits per heavy atom. The molecule has 4 nitrogen and oxygen atoms in total. The molecule has 0 radical (unpaired) electrons. The third-order valence-electron chi connectivity index (χ3n) is 11.0. The van der Waals surface area contributed by atoms with E-state index in [9.17, 15) is 15.2 Å². The topological polar surface area (TPSA) is 74.0 Å². The molecule has 3 fully saturated rings. The molecule has 1 aromatic carbocycles. The van der Waals surface area contributed by atoms with Gasteiger partial charge in [0.25, 0.3) is 0 Å². The predicted molar refractivity (Wildman–Crippen MR) is 147 cm³/mol. The Kier molecular flexibility index (Phi) is 6.20. The largest absolute Gasteiger partial charge is 0.393 e. The van der Waals surface area contributed by atoms with Crippen LogP contribution in [0, 0.1) is 51.8 Å². The number of aliphatic hydroxyl groups is 1. The number of hydrogen-bond donors (Lipinski definition) is 1. The van der Waals surface area contributed by atoms with Crippen LogP contribution in [0.2, 0.25) is 0 Å². The molecular weight excluding hydrogens is 476 g/mol.